The third kappa shape index (κ3) is 12.4. The zero-order valence-corrected chi connectivity index (χ0v) is 10.1. The van der Waals surface area contributed by atoms with Crippen LogP contribution in [0.3, 0.4) is 0 Å². The monoisotopic (exact) mass is 216 g/mol. The molecular weight excluding hydrogens is 207 g/mol. The second-order valence-corrected chi connectivity index (χ2v) is 3.55. The Bertz CT molecular complexity index is 255. The largest absolute Gasteiger partial charge is 1.00 e. The topological polar surface area (TPSA) is 86.7 Å². The van der Waals surface area contributed by atoms with E-state index in [2.05, 4.69) is 10.7 Å². The second kappa shape index (κ2) is 7.76. The first-order chi connectivity index (χ1) is 5.45. The summed E-state index contributed by atoms with van der Waals surface area (Å²) in [7, 11) is -4.39. The molecule has 0 saturated heterocycles. The van der Waals surface area contributed by atoms with Gasteiger partial charge in [-0.15, -0.1) is 6.42 Å². The van der Waals surface area contributed by atoms with Crippen LogP contribution < -0.4 is 29.6 Å². The summed E-state index contributed by atoms with van der Waals surface area (Å²) in [6, 6.07) is 0. The van der Waals surface area contributed by atoms with E-state index < -0.39 is 22.0 Å². The van der Waals surface area contributed by atoms with Crippen molar-refractivity contribution in [3.8, 4) is 12.3 Å². The Kier molecular flexibility index (Phi) is 9.46. The molecule has 70 valence electrons. The van der Waals surface area contributed by atoms with Crippen molar-refractivity contribution in [3.63, 3.8) is 0 Å². The van der Waals surface area contributed by atoms with Gasteiger partial charge in [-0.1, -0.05) is 5.92 Å². The smallest absolute Gasteiger partial charge is 0.748 e. The van der Waals surface area contributed by atoms with Crippen molar-refractivity contribution in [2.45, 2.75) is 6.10 Å². The molecule has 1 atom stereocenters. The van der Waals surface area contributed by atoms with Crippen molar-refractivity contribution in [3.05, 3.63) is 0 Å². The normalized spacial score (nSPS) is 12.7. The standard InChI is InChI=1S/C6H10O5S.Na/c1-2-3-11-4-6(7)5-12(8,9)10;/h1,6-7H,3-5H2,(H,8,9,10);/q;+1/p-1. The number of aliphatic hydroxyl groups excluding tert-OH is 1. The van der Waals surface area contributed by atoms with Gasteiger partial charge in [0.1, 0.15) is 6.61 Å². The van der Waals surface area contributed by atoms with Crippen molar-refractivity contribution in [1.82, 2.24) is 0 Å². The maximum Gasteiger partial charge on any atom is 1.00 e. The number of hydrogen-bond acceptors (Lipinski definition) is 5. The minimum atomic E-state index is -4.39. The van der Waals surface area contributed by atoms with E-state index in [0.717, 1.165) is 0 Å². The van der Waals surface area contributed by atoms with Crippen molar-refractivity contribution in [2.24, 2.45) is 0 Å². The van der Waals surface area contributed by atoms with E-state index in [4.69, 9.17) is 11.5 Å². The molecule has 0 spiro atoms. The van der Waals surface area contributed by atoms with E-state index in [-0.39, 0.29) is 42.8 Å². The Morgan fingerprint density at radius 1 is 1.62 bits per heavy atom. The summed E-state index contributed by atoms with van der Waals surface area (Å²) in [6.07, 6.45) is 3.50. The second-order valence-electron chi connectivity index (χ2n) is 2.10. The van der Waals surface area contributed by atoms with E-state index >= 15 is 0 Å². The number of aliphatic hydroxyl groups is 1. The fourth-order valence-corrected chi connectivity index (χ4v) is 1.11. The summed E-state index contributed by atoms with van der Waals surface area (Å²) in [6.45, 7) is -0.262. The first-order valence-electron chi connectivity index (χ1n) is 3.08. The van der Waals surface area contributed by atoms with E-state index in [1.807, 2.05) is 0 Å². The Hall–Kier alpha value is 0.390. The number of rotatable bonds is 5. The van der Waals surface area contributed by atoms with Gasteiger partial charge >= 0.3 is 29.6 Å². The fraction of sp³-hybridized carbons (Fsp3) is 0.667. The molecule has 0 heterocycles. The van der Waals surface area contributed by atoms with Gasteiger partial charge in [-0.3, -0.25) is 0 Å². The average molecular weight is 216 g/mol. The van der Waals surface area contributed by atoms with E-state index in [9.17, 15) is 13.0 Å². The number of terminal acetylenes is 1. The SMILES string of the molecule is C#CCOCC(O)CS(=O)(=O)[O-].[Na+]. The molecule has 1 unspecified atom stereocenters. The molecular formula is C6H9NaO5S. The molecule has 0 saturated carbocycles. The van der Waals surface area contributed by atoms with Crippen LogP contribution in [0.15, 0.2) is 0 Å². The van der Waals surface area contributed by atoms with Gasteiger partial charge in [-0.05, 0) is 0 Å². The molecule has 0 aliphatic heterocycles. The molecule has 7 heteroatoms. The van der Waals surface area contributed by atoms with Crippen LogP contribution in [0.5, 0.6) is 0 Å². The van der Waals surface area contributed by atoms with Gasteiger partial charge in [0, 0.05) is 0 Å². The molecule has 1 N–H and O–H groups in total. The van der Waals surface area contributed by atoms with Gasteiger partial charge in [0.05, 0.1) is 28.6 Å². The van der Waals surface area contributed by atoms with E-state index in [1.54, 1.807) is 0 Å². The summed E-state index contributed by atoms with van der Waals surface area (Å²) >= 11 is 0. The van der Waals surface area contributed by atoms with Crippen LogP contribution in [0.2, 0.25) is 0 Å². The van der Waals surface area contributed by atoms with Crippen LogP contribution in [-0.4, -0.2) is 43.1 Å². The van der Waals surface area contributed by atoms with Crippen molar-refractivity contribution >= 4 is 10.1 Å². The van der Waals surface area contributed by atoms with Crippen molar-refractivity contribution in [2.75, 3.05) is 19.0 Å². The maximum absolute atomic E-state index is 10.1. The molecule has 0 radical (unpaired) electrons. The summed E-state index contributed by atoms with van der Waals surface area (Å²) in [5.74, 6) is 1.28. The van der Waals surface area contributed by atoms with Crippen LogP contribution in [0.1, 0.15) is 0 Å². The summed E-state index contributed by atoms with van der Waals surface area (Å²) in [5, 5.41) is 8.84. The molecule has 0 bridgehead atoms. The Balaban J connectivity index is 0. The molecule has 0 aromatic rings. The first-order valence-corrected chi connectivity index (χ1v) is 4.66. The molecule has 0 rings (SSSR count). The minimum absolute atomic E-state index is 0. The molecule has 0 aromatic carbocycles. The van der Waals surface area contributed by atoms with Crippen LogP contribution in [-0.2, 0) is 14.9 Å². The quantitative estimate of drug-likeness (QED) is 0.217. The Morgan fingerprint density at radius 3 is 2.54 bits per heavy atom. The number of hydrogen-bond donors (Lipinski definition) is 1. The average Bonchev–Trinajstić information content (AvgIpc) is 1.84. The van der Waals surface area contributed by atoms with Gasteiger partial charge in [0.2, 0.25) is 0 Å². The Labute approximate surface area is 99.5 Å². The number of ether oxygens (including phenoxy) is 1. The molecule has 0 aliphatic carbocycles. The third-order valence-corrected chi connectivity index (χ3v) is 1.69. The van der Waals surface area contributed by atoms with Gasteiger partial charge in [-0.25, -0.2) is 8.42 Å². The van der Waals surface area contributed by atoms with Gasteiger partial charge < -0.3 is 14.4 Å². The maximum atomic E-state index is 10.1. The zero-order valence-electron chi connectivity index (χ0n) is 7.26. The Morgan fingerprint density at radius 2 is 2.15 bits per heavy atom. The van der Waals surface area contributed by atoms with Crippen LogP contribution >= 0.6 is 0 Å². The molecule has 0 aromatic heterocycles. The fourth-order valence-electron chi connectivity index (χ4n) is 0.538. The van der Waals surface area contributed by atoms with Crippen molar-refractivity contribution < 1.29 is 52.4 Å². The van der Waals surface area contributed by atoms with E-state index in [0.29, 0.717) is 0 Å². The zero-order chi connectivity index (χ0) is 9.61. The van der Waals surface area contributed by atoms with Gasteiger partial charge in [0.25, 0.3) is 0 Å². The van der Waals surface area contributed by atoms with Gasteiger partial charge in [0.15, 0.2) is 0 Å². The van der Waals surface area contributed by atoms with Crippen LogP contribution in [0.4, 0.5) is 0 Å². The summed E-state index contributed by atoms with van der Waals surface area (Å²) in [5.41, 5.74) is 0. The molecule has 13 heavy (non-hydrogen) atoms. The minimum Gasteiger partial charge on any atom is -0.748 e. The molecule has 0 aliphatic rings. The van der Waals surface area contributed by atoms with E-state index in [1.165, 1.54) is 0 Å². The third-order valence-electron chi connectivity index (χ3n) is 0.892. The first kappa shape index (κ1) is 15.8. The predicted octanol–water partition coefficient (Wildman–Crippen LogP) is -4.45. The summed E-state index contributed by atoms with van der Waals surface area (Å²) in [4.78, 5) is 0. The van der Waals surface area contributed by atoms with Crippen molar-refractivity contribution in [1.29, 1.82) is 0 Å². The van der Waals surface area contributed by atoms with Crippen LogP contribution in [0, 0.1) is 12.3 Å². The predicted molar refractivity (Wildman–Crippen MR) is 40.2 cm³/mol. The molecule has 0 fully saturated rings. The van der Waals surface area contributed by atoms with Gasteiger partial charge in [-0.2, -0.15) is 0 Å². The summed E-state index contributed by atoms with van der Waals surface area (Å²) < 4.78 is 34.8. The van der Waals surface area contributed by atoms with Crippen LogP contribution in [0.25, 0.3) is 0 Å². The molecule has 0 amide bonds. The molecule has 5 nitrogen and oxygen atoms in total.